The Morgan fingerprint density at radius 2 is 1.78 bits per heavy atom. The van der Waals surface area contributed by atoms with Crippen LogP contribution < -0.4 is 19.1 Å². The lowest BCUT2D eigenvalue weighted by Crippen LogP contribution is -2.48. The molecule has 8 nitrogen and oxygen atoms in total. The standard InChI is InChI=1S/C36H43FN2O6/c1-5-9-26(10-6-2)39(27-14-15-29(37)23(3)17-27)34(40)21-38-20-28(24-13-16-32-33(19-24)45-22-44-32)35(36(41)42)30(38)18-25-11-7-8-12-31(25)43-4/h7-8,11-17,19,26,28,30,35H,5-6,9-10,18,20-22H2,1-4H3,(H,41,42). The largest absolute Gasteiger partial charge is 0.496 e. The Bertz CT molecular complexity index is 1510. The first-order valence-corrected chi connectivity index (χ1v) is 15.8. The minimum Gasteiger partial charge on any atom is -0.496 e. The van der Waals surface area contributed by atoms with Crippen LogP contribution in [0.2, 0.25) is 0 Å². The van der Waals surface area contributed by atoms with E-state index in [-0.39, 0.29) is 31.1 Å². The van der Waals surface area contributed by atoms with Crippen LogP contribution in [0.25, 0.3) is 0 Å². The fourth-order valence-electron chi connectivity index (χ4n) is 6.98. The molecule has 3 atom stereocenters. The second-order valence-corrected chi connectivity index (χ2v) is 12.0. The van der Waals surface area contributed by atoms with Gasteiger partial charge in [-0.3, -0.25) is 14.5 Å². The molecule has 1 amide bonds. The van der Waals surface area contributed by atoms with Crippen molar-refractivity contribution >= 4 is 17.6 Å². The molecule has 0 aliphatic carbocycles. The van der Waals surface area contributed by atoms with Gasteiger partial charge in [0.1, 0.15) is 11.6 Å². The summed E-state index contributed by atoms with van der Waals surface area (Å²) in [6, 6.07) is 17.4. The van der Waals surface area contributed by atoms with Gasteiger partial charge in [0.05, 0.1) is 19.6 Å². The molecule has 0 spiro atoms. The Balaban J connectivity index is 1.54. The Labute approximate surface area is 264 Å². The number of carbonyl (C=O) groups excluding carboxylic acids is 1. The maximum atomic E-state index is 14.5. The van der Waals surface area contributed by atoms with Gasteiger partial charge in [-0.25, -0.2) is 4.39 Å². The van der Waals surface area contributed by atoms with Crippen LogP contribution in [-0.4, -0.2) is 61.0 Å². The van der Waals surface area contributed by atoms with Crippen molar-refractivity contribution in [3.8, 4) is 17.2 Å². The number of aliphatic carboxylic acids is 1. The maximum Gasteiger partial charge on any atom is 0.308 e. The van der Waals surface area contributed by atoms with Gasteiger partial charge in [0.25, 0.3) is 0 Å². The zero-order valence-corrected chi connectivity index (χ0v) is 26.5. The molecule has 9 heteroatoms. The number of ether oxygens (including phenoxy) is 3. The number of hydrogen-bond acceptors (Lipinski definition) is 6. The normalized spacial score (nSPS) is 19.2. The van der Waals surface area contributed by atoms with Crippen molar-refractivity contribution in [3.05, 3.63) is 83.2 Å². The predicted molar refractivity (Wildman–Crippen MR) is 171 cm³/mol. The summed E-state index contributed by atoms with van der Waals surface area (Å²) < 4.78 is 31.1. The minimum atomic E-state index is -0.923. The minimum absolute atomic E-state index is 0.0188. The molecular weight excluding hydrogens is 575 g/mol. The van der Waals surface area contributed by atoms with Gasteiger partial charge in [0.15, 0.2) is 11.5 Å². The lowest BCUT2D eigenvalue weighted by atomic mass is 9.83. The molecule has 5 rings (SSSR count). The molecule has 0 aromatic heterocycles. The second-order valence-electron chi connectivity index (χ2n) is 12.0. The quantitative estimate of drug-likeness (QED) is 0.231. The van der Waals surface area contributed by atoms with Gasteiger partial charge < -0.3 is 24.2 Å². The molecule has 2 aliphatic heterocycles. The molecule has 0 bridgehead atoms. The molecule has 1 saturated heterocycles. The summed E-state index contributed by atoms with van der Waals surface area (Å²) in [5.41, 5.74) is 2.84. The third-order valence-electron chi connectivity index (χ3n) is 9.12. The zero-order valence-electron chi connectivity index (χ0n) is 26.5. The number of carboxylic acids is 1. The Morgan fingerprint density at radius 1 is 1.04 bits per heavy atom. The van der Waals surface area contributed by atoms with E-state index in [1.807, 2.05) is 52.3 Å². The van der Waals surface area contributed by atoms with Crippen LogP contribution >= 0.6 is 0 Å². The van der Waals surface area contributed by atoms with Crippen molar-refractivity contribution in [2.75, 3.05) is 31.9 Å². The molecule has 3 aromatic rings. The van der Waals surface area contributed by atoms with Crippen LogP contribution in [0.1, 0.15) is 62.1 Å². The highest BCUT2D eigenvalue weighted by Gasteiger charge is 2.48. The van der Waals surface area contributed by atoms with Gasteiger partial charge in [-0.15, -0.1) is 0 Å². The van der Waals surface area contributed by atoms with Crippen LogP contribution in [0.3, 0.4) is 0 Å². The van der Waals surface area contributed by atoms with Crippen molar-refractivity contribution < 1.29 is 33.3 Å². The zero-order chi connectivity index (χ0) is 32.1. The highest BCUT2D eigenvalue weighted by atomic mass is 19.1. The van der Waals surface area contributed by atoms with Gasteiger partial charge in [-0.2, -0.15) is 0 Å². The Hall–Kier alpha value is -4.11. The fourth-order valence-corrected chi connectivity index (χ4v) is 6.98. The number of rotatable bonds is 13. The number of benzene rings is 3. The number of anilines is 1. The SMILES string of the molecule is CCCC(CCC)N(C(=O)CN1CC(c2ccc3c(c2)OCO3)C(C(=O)O)C1Cc1ccccc1OC)c1ccc(F)c(C)c1. The van der Waals surface area contributed by atoms with Crippen molar-refractivity contribution in [1.82, 2.24) is 4.90 Å². The van der Waals surface area contributed by atoms with E-state index >= 15 is 0 Å². The number of halogens is 1. The summed E-state index contributed by atoms with van der Waals surface area (Å²) in [5, 5.41) is 10.7. The number of aryl methyl sites for hydroxylation is 1. The number of para-hydroxylation sites is 1. The van der Waals surface area contributed by atoms with Gasteiger partial charge in [0.2, 0.25) is 12.7 Å². The van der Waals surface area contributed by atoms with Crippen molar-refractivity contribution in [3.63, 3.8) is 0 Å². The van der Waals surface area contributed by atoms with E-state index < -0.39 is 23.8 Å². The van der Waals surface area contributed by atoms with Crippen LogP contribution in [0.5, 0.6) is 17.2 Å². The Kier molecular flexibility index (Phi) is 10.3. The summed E-state index contributed by atoms with van der Waals surface area (Å²) in [6.45, 7) is 6.40. The summed E-state index contributed by atoms with van der Waals surface area (Å²) >= 11 is 0. The van der Waals surface area contributed by atoms with Gasteiger partial charge >= 0.3 is 5.97 Å². The van der Waals surface area contributed by atoms with Crippen molar-refractivity contribution in [2.24, 2.45) is 5.92 Å². The summed E-state index contributed by atoms with van der Waals surface area (Å²) in [5.74, 6) is -0.673. The first kappa shape index (κ1) is 32.3. The van der Waals surface area contributed by atoms with Gasteiger partial charge in [-0.05, 0) is 79.3 Å². The molecule has 0 radical (unpaired) electrons. The number of carbonyl (C=O) groups is 2. The van der Waals surface area contributed by atoms with Gasteiger partial charge in [0, 0.05) is 30.2 Å². The number of nitrogens with zero attached hydrogens (tertiary/aromatic N) is 2. The monoisotopic (exact) mass is 618 g/mol. The average Bonchev–Trinajstić information content (AvgIpc) is 3.64. The first-order valence-electron chi connectivity index (χ1n) is 15.8. The molecule has 240 valence electrons. The molecule has 0 saturated carbocycles. The summed E-state index contributed by atoms with van der Waals surface area (Å²) in [4.78, 5) is 31.4. The lowest BCUT2D eigenvalue weighted by molar-refractivity contribution is -0.143. The Morgan fingerprint density at radius 3 is 2.47 bits per heavy atom. The molecule has 45 heavy (non-hydrogen) atoms. The van der Waals surface area contributed by atoms with Crippen LogP contribution in [0, 0.1) is 18.7 Å². The smallest absolute Gasteiger partial charge is 0.308 e. The van der Waals surface area contributed by atoms with E-state index in [0.29, 0.717) is 41.5 Å². The van der Waals surface area contributed by atoms with E-state index in [0.717, 1.165) is 36.8 Å². The lowest BCUT2D eigenvalue weighted by Gasteiger charge is -2.35. The number of amides is 1. The van der Waals surface area contributed by atoms with Gasteiger partial charge in [-0.1, -0.05) is 51.0 Å². The maximum absolute atomic E-state index is 14.5. The van der Waals surface area contributed by atoms with E-state index in [2.05, 4.69) is 13.8 Å². The highest BCUT2D eigenvalue weighted by Crippen LogP contribution is 2.43. The number of fused-ring (bicyclic) bond motifs is 1. The number of hydrogen-bond donors (Lipinski definition) is 1. The van der Waals surface area contributed by atoms with Crippen LogP contribution in [0.4, 0.5) is 10.1 Å². The first-order chi connectivity index (χ1) is 21.7. The fraction of sp³-hybridized carbons (Fsp3) is 0.444. The molecule has 3 unspecified atom stereocenters. The van der Waals surface area contributed by atoms with E-state index in [1.165, 1.54) is 6.07 Å². The number of carboxylic acid groups (broad SMARTS) is 1. The van der Waals surface area contributed by atoms with Crippen LogP contribution in [-0.2, 0) is 16.0 Å². The third-order valence-corrected chi connectivity index (χ3v) is 9.12. The topological polar surface area (TPSA) is 88.5 Å². The van der Waals surface area contributed by atoms with Crippen molar-refractivity contribution in [2.45, 2.75) is 70.9 Å². The number of likely N-dealkylation sites (tertiary alicyclic amines) is 1. The number of methoxy groups -OCH3 is 1. The second kappa shape index (κ2) is 14.3. The third kappa shape index (κ3) is 6.93. The molecule has 2 aliphatic rings. The van der Waals surface area contributed by atoms with Crippen LogP contribution in [0.15, 0.2) is 60.7 Å². The average molecular weight is 619 g/mol. The molecule has 1 fully saturated rings. The predicted octanol–water partition coefficient (Wildman–Crippen LogP) is 6.58. The van der Waals surface area contributed by atoms with E-state index in [4.69, 9.17) is 14.2 Å². The highest BCUT2D eigenvalue weighted by molar-refractivity contribution is 5.95. The van der Waals surface area contributed by atoms with E-state index in [9.17, 15) is 19.1 Å². The molecule has 1 N–H and O–H groups in total. The summed E-state index contributed by atoms with van der Waals surface area (Å²) in [6.07, 6.45) is 3.78. The molecular formula is C36H43FN2O6. The van der Waals surface area contributed by atoms with Crippen molar-refractivity contribution in [1.29, 1.82) is 0 Å². The van der Waals surface area contributed by atoms with E-state index in [1.54, 1.807) is 26.2 Å². The summed E-state index contributed by atoms with van der Waals surface area (Å²) in [7, 11) is 1.60. The molecule has 3 aromatic carbocycles. The molecule has 2 heterocycles.